The summed E-state index contributed by atoms with van der Waals surface area (Å²) in [6.45, 7) is 5.82. The molecule has 2 aromatic rings. The number of urea groups is 1. The van der Waals surface area contributed by atoms with Crippen LogP contribution in [0.25, 0.3) is 11.1 Å². The second kappa shape index (κ2) is 6.58. The Morgan fingerprint density at radius 2 is 2.22 bits per heavy atom. The smallest absolute Gasteiger partial charge is 0.317 e. The number of para-hydroxylation sites is 1. The van der Waals surface area contributed by atoms with Crippen molar-refractivity contribution in [3.8, 4) is 0 Å². The van der Waals surface area contributed by atoms with Gasteiger partial charge in [0, 0.05) is 31.6 Å². The van der Waals surface area contributed by atoms with Crippen LogP contribution in [0.4, 0.5) is 4.79 Å². The Balaban J connectivity index is 1.64. The van der Waals surface area contributed by atoms with Crippen molar-refractivity contribution in [1.29, 1.82) is 0 Å². The average molecular weight is 316 g/mol. The molecule has 6 nitrogen and oxygen atoms in total. The average Bonchev–Trinajstić information content (AvgIpc) is 3.00. The van der Waals surface area contributed by atoms with Gasteiger partial charge in [0.1, 0.15) is 5.52 Å². The highest BCUT2D eigenvalue weighted by atomic mass is 16.3. The van der Waals surface area contributed by atoms with Gasteiger partial charge in [-0.05, 0) is 38.3 Å². The number of hydrogen-bond acceptors (Lipinski definition) is 4. The number of nitrogens with zero attached hydrogens (tertiary/aromatic N) is 2. The molecule has 1 aromatic carbocycles. The highest BCUT2D eigenvalue weighted by Gasteiger charge is 2.27. The topological polar surface area (TPSA) is 84.4 Å². The highest BCUT2D eigenvalue weighted by molar-refractivity contribution is 5.76. The second-order valence-electron chi connectivity index (χ2n) is 6.32. The number of fused-ring (bicyclic) bond motifs is 1. The van der Waals surface area contributed by atoms with E-state index >= 15 is 0 Å². The molecular weight excluding hydrogens is 292 g/mol. The minimum absolute atomic E-state index is 0.000221. The fourth-order valence-electron chi connectivity index (χ4n) is 2.97. The van der Waals surface area contributed by atoms with Gasteiger partial charge in [0.25, 0.3) is 0 Å². The first-order valence-electron chi connectivity index (χ1n) is 8.20. The number of oxazole rings is 1. The Labute approximate surface area is 136 Å². The standard InChI is InChI=1S/C17H24N4O2/c1-11-4-3-5-14-15(11)23-16(20-14)13-6-8-21(9-7-13)17(22)19-12(2)10-18/h3-5,12-13H,6-10,18H2,1-2H3,(H,19,22)/t12-/m1/s1. The third-order valence-electron chi connectivity index (χ3n) is 4.48. The second-order valence-corrected chi connectivity index (χ2v) is 6.32. The number of carbonyl (C=O) groups excluding carboxylic acids is 1. The van der Waals surface area contributed by atoms with Crippen LogP contribution in [0.2, 0.25) is 0 Å². The van der Waals surface area contributed by atoms with Crippen LogP contribution in [0.1, 0.15) is 37.1 Å². The molecule has 1 atom stereocenters. The van der Waals surface area contributed by atoms with Gasteiger partial charge in [-0.3, -0.25) is 0 Å². The summed E-state index contributed by atoms with van der Waals surface area (Å²) >= 11 is 0. The maximum atomic E-state index is 12.1. The van der Waals surface area contributed by atoms with Gasteiger partial charge in [-0.15, -0.1) is 0 Å². The molecule has 1 aliphatic rings. The summed E-state index contributed by atoms with van der Waals surface area (Å²) in [6, 6.07) is 5.97. The van der Waals surface area contributed by atoms with Crippen LogP contribution in [0.5, 0.6) is 0 Å². The van der Waals surface area contributed by atoms with Gasteiger partial charge in [0.15, 0.2) is 11.5 Å². The van der Waals surface area contributed by atoms with Crippen molar-refractivity contribution >= 4 is 17.1 Å². The Morgan fingerprint density at radius 1 is 1.48 bits per heavy atom. The summed E-state index contributed by atoms with van der Waals surface area (Å²) in [6.07, 6.45) is 1.74. The molecule has 0 unspecified atom stereocenters. The first-order valence-corrected chi connectivity index (χ1v) is 8.20. The number of rotatable bonds is 3. The van der Waals surface area contributed by atoms with E-state index in [1.165, 1.54) is 0 Å². The molecule has 1 aliphatic heterocycles. The van der Waals surface area contributed by atoms with Crippen LogP contribution in [-0.2, 0) is 0 Å². The lowest BCUT2D eigenvalue weighted by Crippen LogP contribution is -2.48. The third-order valence-corrected chi connectivity index (χ3v) is 4.48. The van der Waals surface area contributed by atoms with E-state index < -0.39 is 0 Å². The Morgan fingerprint density at radius 3 is 2.87 bits per heavy atom. The zero-order valence-corrected chi connectivity index (χ0v) is 13.7. The first kappa shape index (κ1) is 15.8. The van der Waals surface area contributed by atoms with E-state index in [9.17, 15) is 4.79 Å². The summed E-state index contributed by atoms with van der Waals surface area (Å²) in [7, 11) is 0. The van der Waals surface area contributed by atoms with E-state index in [0.29, 0.717) is 19.6 Å². The van der Waals surface area contributed by atoms with Crippen molar-refractivity contribution in [2.24, 2.45) is 5.73 Å². The largest absolute Gasteiger partial charge is 0.440 e. The number of nitrogens with one attached hydrogen (secondary N) is 1. The molecular formula is C17H24N4O2. The zero-order valence-electron chi connectivity index (χ0n) is 13.7. The van der Waals surface area contributed by atoms with E-state index in [4.69, 9.17) is 10.2 Å². The molecule has 23 heavy (non-hydrogen) atoms. The number of nitrogens with two attached hydrogens (primary N) is 1. The molecule has 0 spiro atoms. The van der Waals surface area contributed by atoms with Crippen LogP contribution in [0, 0.1) is 6.92 Å². The molecule has 1 saturated heterocycles. The molecule has 0 radical (unpaired) electrons. The van der Waals surface area contributed by atoms with Crippen LogP contribution in [0.15, 0.2) is 22.6 Å². The van der Waals surface area contributed by atoms with Gasteiger partial charge in [0.2, 0.25) is 0 Å². The quantitative estimate of drug-likeness (QED) is 0.910. The third kappa shape index (κ3) is 3.32. The van der Waals surface area contributed by atoms with Gasteiger partial charge in [-0.1, -0.05) is 12.1 Å². The lowest BCUT2D eigenvalue weighted by molar-refractivity contribution is 0.175. The van der Waals surface area contributed by atoms with Gasteiger partial charge >= 0.3 is 6.03 Å². The van der Waals surface area contributed by atoms with E-state index in [1.54, 1.807) is 0 Å². The van der Waals surface area contributed by atoms with Crippen molar-refractivity contribution in [3.63, 3.8) is 0 Å². The van der Waals surface area contributed by atoms with Crippen molar-refractivity contribution in [3.05, 3.63) is 29.7 Å². The molecule has 3 N–H and O–H groups in total. The molecule has 124 valence electrons. The summed E-state index contributed by atoms with van der Waals surface area (Å²) in [4.78, 5) is 18.6. The summed E-state index contributed by atoms with van der Waals surface area (Å²) in [5.74, 6) is 1.07. The van der Waals surface area contributed by atoms with Crippen LogP contribution in [-0.4, -0.2) is 41.6 Å². The zero-order chi connectivity index (χ0) is 16.4. The summed E-state index contributed by atoms with van der Waals surface area (Å²) in [5, 5.41) is 2.91. The minimum Gasteiger partial charge on any atom is -0.440 e. The number of carbonyl (C=O) groups is 1. The SMILES string of the molecule is Cc1cccc2nc(C3CCN(C(=O)N[C@H](C)CN)CC3)oc12. The fraction of sp³-hybridized carbons (Fsp3) is 0.529. The van der Waals surface area contributed by atoms with E-state index in [-0.39, 0.29) is 18.0 Å². The predicted molar refractivity (Wildman–Crippen MR) is 89.3 cm³/mol. The lowest BCUT2D eigenvalue weighted by Gasteiger charge is -2.31. The van der Waals surface area contributed by atoms with Crippen LogP contribution in [0.3, 0.4) is 0 Å². The Hall–Kier alpha value is -2.08. The van der Waals surface area contributed by atoms with Gasteiger partial charge in [0.05, 0.1) is 0 Å². The molecule has 6 heteroatoms. The molecule has 0 saturated carbocycles. The number of amides is 2. The maximum Gasteiger partial charge on any atom is 0.317 e. The molecule has 0 aliphatic carbocycles. The molecule has 0 bridgehead atoms. The molecule has 2 heterocycles. The van der Waals surface area contributed by atoms with Crippen LogP contribution >= 0.6 is 0 Å². The number of aryl methyl sites for hydroxylation is 1. The fourth-order valence-corrected chi connectivity index (χ4v) is 2.97. The Kier molecular flexibility index (Phi) is 4.52. The summed E-state index contributed by atoms with van der Waals surface area (Å²) in [5.41, 5.74) is 8.44. The van der Waals surface area contributed by atoms with Crippen LogP contribution < -0.4 is 11.1 Å². The number of aromatic nitrogens is 1. The molecule has 1 fully saturated rings. The first-order chi connectivity index (χ1) is 11.1. The molecule has 3 rings (SSSR count). The highest BCUT2D eigenvalue weighted by Crippen LogP contribution is 2.30. The summed E-state index contributed by atoms with van der Waals surface area (Å²) < 4.78 is 5.97. The van der Waals surface area contributed by atoms with Gasteiger partial charge < -0.3 is 20.4 Å². The van der Waals surface area contributed by atoms with E-state index in [0.717, 1.165) is 35.4 Å². The van der Waals surface area contributed by atoms with E-state index in [1.807, 2.05) is 36.9 Å². The lowest BCUT2D eigenvalue weighted by atomic mass is 9.97. The number of hydrogen-bond donors (Lipinski definition) is 2. The minimum atomic E-state index is -0.0326. The number of piperidine rings is 1. The normalized spacial score (nSPS) is 17.4. The van der Waals surface area contributed by atoms with Gasteiger partial charge in [-0.2, -0.15) is 0 Å². The molecule has 1 aromatic heterocycles. The maximum absolute atomic E-state index is 12.1. The van der Waals surface area contributed by atoms with Crippen molar-refractivity contribution in [2.45, 2.75) is 38.6 Å². The Bertz CT molecular complexity index is 689. The van der Waals surface area contributed by atoms with Gasteiger partial charge in [-0.25, -0.2) is 9.78 Å². The van der Waals surface area contributed by atoms with E-state index in [2.05, 4.69) is 10.3 Å². The van der Waals surface area contributed by atoms with Crippen molar-refractivity contribution < 1.29 is 9.21 Å². The van der Waals surface area contributed by atoms with Crippen molar-refractivity contribution in [2.75, 3.05) is 19.6 Å². The number of likely N-dealkylation sites (tertiary alicyclic amines) is 1. The van der Waals surface area contributed by atoms with Crippen molar-refractivity contribution in [1.82, 2.24) is 15.2 Å². The number of benzene rings is 1. The predicted octanol–water partition coefficient (Wildman–Crippen LogP) is 2.37. The molecule has 2 amide bonds. The monoisotopic (exact) mass is 316 g/mol.